The van der Waals surface area contributed by atoms with Gasteiger partial charge in [0, 0.05) is 26.2 Å². The molecule has 0 aromatic carbocycles. The molecule has 1 aromatic heterocycles. The zero-order valence-electron chi connectivity index (χ0n) is 19.1. The van der Waals surface area contributed by atoms with E-state index in [1.54, 1.807) is 7.05 Å². The van der Waals surface area contributed by atoms with Gasteiger partial charge in [0.25, 0.3) is 0 Å². The van der Waals surface area contributed by atoms with Crippen molar-refractivity contribution in [2.24, 2.45) is 10.9 Å². The second-order valence-electron chi connectivity index (χ2n) is 9.05. The zero-order valence-corrected chi connectivity index (χ0v) is 19.1. The summed E-state index contributed by atoms with van der Waals surface area (Å²) in [5.41, 5.74) is 0.747. The van der Waals surface area contributed by atoms with E-state index in [1.165, 1.54) is 0 Å². The van der Waals surface area contributed by atoms with E-state index in [2.05, 4.69) is 25.5 Å². The first kappa shape index (κ1) is 23.2. The number of likely N-dealkylation sites (tertiary alicyclic amines) is 1. The molecule has 1 fully saturated rings. The van der Waals surface area contributed by atoms with E-state index < -0.39 is 0 Å². The molecule has 0 atom stereocenters. The van der Waals surface area contributed by atoms with Crippen molar-refractivity contribution in [2.45, 2.75) is 59.5 Å². The normalized spacial score (nSPS) is 16.7. The van der Waals surface area contributed by atoms with Gasteiger partial charge in [-0.3, -0.25) is 14.7 Å². The number of oxazole rings is 1. The first-order valence-corrected chi connectivity index (χ1v) is 10.5. The molecule has 2 heterocycles. The number of aryl methyl sites for hydroxylation is 2. The van der Waals surface area contributed by atoms with Gasteiger partial charge in [-0.1, -0.05) is 0 Å². The van der Waals surface area contributed by atoms with E-state index in [0.29, 0.717) is 5.92 Å². The van der Waals surface area contributed by atoms with E-state index in [0.717, 1.165) is 62.3 Å². The largest absolute Gasteiger partial charge is 0.444 e. The number of likely N-dealkylation sites (N-methyl/N-ethyl adjacent to an activating group) is 1. The Bertz CT molecular complexity index is 679. The molecule has 0 spiro atoms. The molecule has 29 heavy (non-hydrogen) atoms. The van der Waals surface area contributed by atoms with Gasteiger partial charge in [0.2, 0.25) is 11.8 Å². The van der Waals surface area contributed by atoms with Crippen LogP contribution in [0.5, 0.6) is 0 Å². The Morgan fingerprint density at radius 2 is 1.97 bits per heavy atom. The van der Waals surface area contributed by atoms with Crippen LogP contribution >= 0.6 is 0 Å². The lowest BCUT2D eigenvalue weighted by Crippen LogP contribution is -2.49. The third-order valence-electron chi connectivity index (χ3n) is 5.16. The maximum atomic E-state index is 12.2. The van der Waals surface area contributed by atoms with E-state index >= 15 is 0 Å². The van der Waals surface area contributed by atoms with Crippen LogP contribution in [0.3, 0.4) is 0 Å². The lowest BCUT2D eigenvalue weighted by molar-refractivity contribution is -0.122. The van der Waals surface area contributed by atoms with Crippen molar-refractivity contribution in [1.82, 2.24) is 25.4 Å². The minimum absolute atomic E-state index is 0.00623. The fraction of sp³-hybridized carbons (Fsp3) is 0.762. The topological polar surface area (TPSA) is 86.0 Å². The summed E-state index contributed by atoms with van der Waals surface area (Å²) in [5.74, 6) is 3.06. The van der Waals surface area contributed by atoms with Gasteiger partial charge in [-0.2, -0.15) is 0 Å². The van der Waals surface area contributed by atoms with Crippen molar-refractivity contribution < 1.29 is 9.21 Å². The van der Waals surface area contributed by atoms with Gasteiger partial charge in [-0.15, -0.1) is 0 Å². The number of rotatable bonds is 6. The molecular formula is C21H38N6O2. The fourth-order valence-corrected chi connectivity index (χ4v) is 3.52. The maximum absolute atomic E-state index is 12.2. The molecule has 1 aromatic rings. The van der Waals surface area contributed by atoms with E-state index in [-0.39, 0.29) is 18.0 Å². The summed E-state index contributed by atoms with van der Waals surface area (Å²) in [7, 11) is 3.64. The van der Waals surface area contributed by atoms with Gasteiger partial charge in [-0.05, 0) is 66.5 Å². The molecule has 0 saturated carbocycles. The lowest BCUT2D eigenvalue weighted by Gasteiger charge is -2.32. The summed E-state index contributed by atoms with van der Waals surface area (Å²) in [6.45, 7) is 13.9. The van der Waals surface area contributed by atoms with Gasteiger partial charge < -0.3 is 20.0 Å². The number of nitrogens with zero attached hydrogens (tertiary/aromatic N) is 4. The highest BCUT2D eigenvalue weighted by atomic mass is 16.4. The Morgan fingerprint density at radius 3 is 2.48 bits per heavy atom. The first-order chi connectivity index (χ1) is 13.6. The molecule has 1 aliphatic rings. The Kier molecular flexibility index (Phi) is 8.07. The number of hydrogen-bond acceptors (Lipinski definition) is 5. The number of aliphatic imine (C=N–C) groups is 1. The van der Waals surface area contributed by atoms with Crippen molar-refractivity contribution in [2.75, 3.05) is 40.3 Å². The molecule has 2 rings (SSSR count). The lowest BCUT2D eigenvalue weighted by atomic mass is 9.97. The Hall–Kier alpha value is -2.09. The van der Waals surface area contributed by atoms with Gasteiger partial charge >= 0.3 is 0 Å². The summed E-state index contributed by atoms with van der Waals surface area (Å²) >= 11 is 0. The van der Waals surface area contributed by atoms with Crippen LogP contribution in [0, 0.1) is 19.8 Å². The van der Waals surface area contributed by atoms with Gasteiger partial charge in [-0.25, -0.2) is 4.98 Å². The summed E-state index contributed by atoms with van der Waals surface area (Å²) < 4.78 is 5.71. The number of piperidine rings is 1. The molecule has 8 nitrogen and oxygen atoms in total. The first-order valence-electron chi connectivity index (χ1n) is 10.5. The predicted molar refractivity (Wildman–Crippen MR) is 116 cm³/mol. The maximum Gasteiger partial charge on any atom is 0.240 e. The average molecular weight is 407 g/mol. The zero-order chi connectivity index (χ0) is 21.6. The monoisotopic (exact) mass is 406 g/mol. The molecule has 0 radical (unpaired) electrons. The number of aromatic nitrogens is 1. The van der Waals surface area contributed by atoms with Crippen LogP contribution in [0.25, 0.3) is 0 Å². The number of guanidine groups is 1. The smallest absolute Gasteiger partial charge is 0.240 e. The number of amides is 1. The van der Waals surface area contributed by atoms with Crippen molar-refractivity contribution in [3.05, 3.63) is 17.3 Å². The summed E-state index contributed by atoms with van der Waals surface area (Å²) in [6, 6.07) is 0. The third-order valence-corrected chi connectivity index (χ3v) is 5.16. The van der Waals surface area contributed by atoms with Gasteiger partial charge in [0.1, 0.15) is 5.76 Å². The van der Waals surface area contributed by atoms with Crippen LogP contribution in [-0.4, -0.2) is 72.5 Å². The molecule has 8 heteroatoms. The standard InChI is InChI=1S/C21H38N6O2/c1-15-16(2)29-19(24-15)14-27-10-8-17(9-11-27)12-23-20(22-6)26(7)13-18(28)25-21(3,4)5/h17H,8-14H2,1-7H3,(H,22,23)(H,25,28). The fourth-order valence-electron chi connectivity index (χ4n) is 3.52. The van der Waals surface area contributed by atoms with E-state index in [4.69, 9.17) is 4.42 Å². The molecule has 1 saturated heterocycles. The second-order valence-corrected chi connectivity index (χ2v) is 9.05. The third kappa shape index (κ3) is 7.68. The summed E-state index contributed by atoms with van der Waals surface area (Å²) in [4.78, 5) is 25.2. The molecule has 0 aliphatic carbocycles. The average Bonchev–Trinajstić information content (AvgIpc) is 2.92. The Balaban J connectivity index is 1.73. The second kappa shape index (κ2) is 10.1. The highest BCUT2D eigenvalue weighted by molar-refractivity contribution is 5.86. The summed E-state index contributed by atoms with van der Waals surface area (Å²) in [6.07, 6.45) is 2.24. The van der Waals surface area contributed by atoms with Crippen molar-refractivity contribution in [1.29, 1.82) is 0 Å². The summed E-state index contributed by atoms with van der Waals surface area (Å²) in [5, 5.41) is 6.41. The van der Waals surface area contributed by atoms with Crippen LogP contribution in [0.4, 0.5) is 0 Å². The highest BCUT2D eigenvalue weighted by Gasteiger charge is 2.22. The molecule has 2 N–H and O–H groups in total. The van der Waals surface area contributed by atoms with Crippen LogP contribution in [0.15, 0.2) is 9.41 Å². The minimum atomic E-state index is -0.231. The number of carbonyl (C=O) groups excluding carboxylic acids is 1. The number of carbonyl (C=O) groups is 1. The molecule has 1 aliphatic heterocycles. The van der Waals surface area contributed by atoms with Crippen molar-refractivity contribution in [3.63, 3.8) is 0 Å². The predicted octanol–water partition coefficient (Wildman–Crippen LogP) is 1.93. The van der Waals surface area contributed by atoms with Gasteiger partial charge in [0.15, 0.2) is 5.96 Å². The van der Waals surface area contributed by atoms with E-state index in [9.17, 15) is 4.79 Å². The molecule has 164 valence electrons. The molecule has 0 unspecified atom stereocenters. The minimum Gasteiger partial charge on any atom is -0.444 e. The quantitative estimate of drug-likeness (QED) is 0.555. The highest BCUT2D eigenvalue weighted by Crippen LogP contribution is 2.19. The van der Waals surface area contributed by atoms with E-state index in [1.807, 2.05) is 46.6 Å². The Morgan fingerprint density at radius 1 is 1.31 bits per heavy atom. The number of hydrogen-bond donors (Lipinski definition) is 2. The number of nitrogens with one attached hydrogen (secondary N) is 2. The SMILES string of the molecule is CN=C(NCC1CCN(Cc2nc(C)c(C)o2)CC1)N(C)CC(=O)NC(C)(C)C. The van der Waals surface area contributed by atoms with Crippen molar-refractivity contribution >= 4 is 11.9 Å². The van der Waals surface area contributed by atoms with Crippen LogP contribution in [0.1, 0.15) is 51.0 Å². The molecular weight excluding hydrogens is 368 g/mol. The van der Waals surface area contributed by atoms with Crippen LogP contribution < -0.4 is 10.6 Å². The Labute approximate surface area is 175 Å². The molecule has 1 amide bonds. The van der Waals surface area contributed by atoms with Crippen molar-refractivity contribution in [3.8, 4) is 0 Å². The van der Waals surface area contributed by atoms with Gasteiger partial charge in [0.05, 0.1) is 18.8 Å². The van der Waals surface area contributed by atoms with Crippen LogP contribution in [-0.2, 0) is 11.3 Å². The van der Waals surface area contributed by atoms with Crippen LogP contribution in [0.2, 0.25) is 0 Å². The molecule has 0 bridgehead atoms.